The number of nitrogens with zero attached hydrogens (tertiary/aromatic N) is 3. The number of aromatic nitrogens is 2. The van der Waals surface area contributed by atoms with Crippen molar-refractivity contribution in [2.24, 2.45) is 0 Å². The van der Waals surface area contributed by atoms with Crippen molar-refractivity contribution in [3.63, 3.8) is 0 Å². The number of nitrogens with one attached hydrogen (secondary N) is 1. The predicted molar refractivity (Wildman–Crippen MR) is 108 cm³/mol. The lowest BCUT2D eigenvalue weighted by atomic mass is 10.2. The highest BCUT2D eigenvalue weighted by atomic mass is 16.6. The molecule has 1 amide bonds. The zero-order chi connectivity index (χ0) is 20.9. The second kappa shape index (κ2) is 9.14. The maximum atomic E-state index is 12.8. The van der Waals surface area contributed by atoms with Gasteiger partial charge in [-0.2, -0.15) is 0 Å². The quantitative estimate of drug-likeness (QED) is 0.732. The number of rotatable bonds is 6. The van der Waals surface area contributed by atoms with E-state index in [-0.39, 0.29) is 24.6 Å². The lowest BCUT2D eigenvalue weighted by Gasteiger charge is -2.29. The van der Waals surface area contributed by atoms with Gasteiger partial charge < -0.3 is 29.2 Å². The summed E-state index contributed by atoms with van der Waals surface area (Å²) >= 11 is 0. The monoisotopic (exact) mass is 416 g/mol. The second-order valence-electron chi connectivity index (χ2n) is 6.91. The zero-order valence-corrected chi connectivity index (χ0v) is 16.8. The molecule has 2 aromatic rings. The van der Waals surface area contributed by atoms with E-state index < -0.39 is 0 Å². The topological polar surface area (TPSA) is 104 Å². The summed E-state index contributed by atoms with van der Waals surface area (Å²) in [6.45, 7) is 3.26. The Balaban J connectivity index is 1.55. The summed E-state index contributed by atoms with van der Waals surface area (Å²) in [5.41, 5.74) is 0.775. The van der Waals surface area contributed by atoms with Crippen LogP contribution < -0.4 is 25.2 Å². The van der Waals surface area contributed by atoms with Gasteiger partial charge in [-0.15, -0.1) is 0 Å². The number of amides is 1. The summed E-state index contributed by atoms with van der Waals surface area (Å²) in [6, 6.07) is 6.58. The highest BCUT2D eigenvalue weighted by Crippen LogP contribution is 2.32. The molecule has 1 N–H and O–H groups in total. The molecule has 0 bridgehead atoms. The van der Waals surface area contributed by atoms with Crippen molar-refractivity contribution in [2.75, 3.05) is 56.8 Å². The molecule has 10 nitrogen and oxygen atoms in total. The van der Waals surface area contributed by atoms with Crippen molar-refractivity contribution in [1.82, 2.24) is 9.55 Å². The van der Waals surface area contributed by atoms with Gasteiger partial charge in [0.05, 0.1) is 25.5 Å². The van der Waals surface area contributed by atoms with Crippen molar-refractivity contribution in [3.05, 3.63) is 40.3 Å². The van der Waals surface area contributed by atoms with Crippen LogP contribution in [0.4, 0.5) is 11.6 Å². The number of anilines is 2. The van der Waals surface area contributed by atoms with E-state index in [1.165, 1.54) is 10.6 Å². The first-order valence-corrected chi connectivity index (χ1v) is 9.76. The third-order valence-corrected chi connectivity index (χ3v) is 4.75. The predicted octanol–water partition coefficient (Wildman–Crippen LogP) is 0.636. The molecule has 160 valence electrons. The van der Waals surface area contributed by atoms with Crippen molar-refractivity contribution in [3.8, 4) is 11.5 Å². The summed E-state index contributed by atoms with van der Waals surface area (Å²) in [7, 11) is 1.54. The van der Waals surface area contributed by atoms with E-state index >= 15 is 0 Å². The smallest absolute Gasteiger partial charge is 0.255 e. The van der Waals surface area contributed by atoms with E-state index in [1.54, 1.807) is 25.3 Å². The average Bonchev–Trinajstić information content (AvgIpc) is 2.76. The Morgan fingerprint density at radius 1 is 1.13 bits per heavy atom. The van der Waals surface area contributed by atoms with Crippen LogP contribution in [0.5, 0.6) is 11.5 Å². The number of carbonyl (C=O) groups excluding carboxylic acids is 1. The van der Waals surface area contributed by atoms with Gasteiger partial charge in [0.1, 0.15) is 19.8 Å². The highest BCUT2D eigenvalue weighted by molar-refractivity contribution is 5.91. The lowest BCUT2D eigenvalue weighted by Crippen LogP contribution is -2.42. The minimum atomic E-state index is -0.343. The van der Waals surface area contributed by atoms with E-state index in [4.69, 9.17) is 18.9 Å². The molecule has 2 aliphatic heterocycles. The third kappa shape index (κ3) is 4.55. The zero-order valence-electron chi connectivity index (χ0n) is 16.8. The minimum absolute atomic E-state index is 0.166. The molecule has 3 heterocycles. The minimum Gasteiger partial charge on any atom is -0.486 e. The van der Waals surface area contributed by atoms with E-state index in [0.29, 0.717) is 68.3 Å². The molecule has 1 fully saturated rings. The summed E-state index contributed by atoms with van der Waals surface area (Å²) in [6.07, 6.45) is 0. The largest absolute Gasteiger partial charge is 0.486 e. The van der Waals surface area contributed by atoms with Gasteiger partial charge in [0, 0.05) is 38.0 Å². The Hall–Kier alpha value is -3.11. The van der Waals surface area contributed by atoms with Crippen molar-refractivity contribution < 1.29 is 23.7 Å². The molecular weight excluding hydrogens is 392 g/mol. The van der Waals surface area contributed by atoms with Crippen LogP contribution in [0.2, 0.25) is 0 Å². The summed E-state index contributed by atoms with van der Waals surface area (Å²) in [4.78, 5) is 32.0. The molecular formula is C20H24N4O6. The summed E-state index contributed by atoms with van der Waals surface area (Å²) in [5, 5.41) is 2.81. The van der Waals surface area contributed by atoms with E-state index in [9.17, 15) is 9.59 Å². The molecule has 4 rings (SSSR count). The first-order chi connectivity index (χ1) is 14.6. The average molecular weight is 416 g/mol. The Morgan fingerprint density at radius 2 is 1.90 bits per heavy atom. The molecule has 1 aromatic carbocycles. The van der Waals surface area contributed by atoms with Crippen molar-refractivity contribution in [2.45, 2.75) is 13.2 Å². The van der Waals surface area contributed by atoms with Gasteiger partial charge in [0.2, 0.25) is 11.9 Å². The molecule has 1 saturated heterocycles. The van der Waals surface area contributed by atoms with E-state index in [0.717, 1.165) is 0 Å². The Labute approximate surface area is 173 Å². The maximum Gasteiger partial charge on any atom is 0.255 e. The number of fused-ring (bicyclic) bond motifs is 1. The maximum absolute atomic E-state index is 12.8. The van der Waals surface area contributed by atoms with Gasteiger partial charge >= 0.3 is 0 Å². The molecule has 1 aromatic heterocycles. The van der Waals surface area contributed by atoms with Crippen LogP contribution in [0.25, 0.3) is 0 Å². The number of ether oxygens (including phenoxy) is 4. The highest BCUT2D eigenvalue weighted by Gasteiger charge is 2.20. The molecule has 30 heavy (non-hydrogen) atoms. The summed E-state index contributed by atoms with van der Waals surface area (Å²) < 4.78 is 22.9. The molecule has 0 saturated carbocycles. The van der Waals surface area contributed by atoms with Gasteiger partial charge in [-0.25, -0.2) is 4.98 Å². The second-order valence-corrected chi connectivity index (χ2v) is 6.91. The van der Waals surface area contributed by atoms with Crippen LogP contribution in [-0.2, 0) is 27.4 Å². The van der Waals surface area contributed by atoms with Gasteiger partial charge in [-0.1, -0.05) is 0 Å². The fourth-order valence-corrected chi connectivity index (χ4v) is 3.38. The van der Waals surface area contributed by atoms with E-state index in [1.807, 2.05) is 4.90 Å². The summed E-state index contributed by atoms with van der Waals surface area (Å²) in [5.74, 6) is 1.32. The fraction of sp³-hybridized carbons (Fsp3) is 0.450. The van der Waals surface area contributed by atoms with Crippen LogP contribution in [0.15, 0.2) is 29.1 Å². The standard InChI is InChI=1S/C20H24N4O6/c1-27-13-15-11-19(26)24(20(22-15)23-4-6-28-7-5-23)12-18(25)21-14-2-3-16-17(10-14)30-9-8-29-16/h2-3,10-11H,4-9,12-13H2,1H3,(H,21,25). The van der Waals surface area contributed by atoms with Gasteiger partial charge in [0.25, 0.3) is 5.56 Å². The number of morpholine rings is 1. The Morgan fingerprint density at radius 3 is 2.67 bits per heavy atom. The lowest BCUT2D eigenvalue weighted by molar-refractivity contribution is -0.116. The number of carbonyl (C=O) groups is 1. The molecule has 2 aliphatic rings. The van der Waals surface area contributed by atoms with Gasteiger partial charge in [0.15, 0.2) is 11.5 Å². The van der Waals surface area contributed by atoms with Crippen molar-refractivity contribution in [1.29, 1.82) is 0 Å². The van der Waals surface area contributed by atoms with Crippen molar-refractivity contribution >= 4 is 17.5 Å². The van der Waals surface area contributed by atoms with Crippen LogP contribution in [-0.4, -0.2) is 62.1 Å². The van der Waals surface area contributed by atoms with E-state index in [2.05, 4.69) is 10.3 Å². The molecule has 0 atom stereocenters. The SMILES string of the molecule is COCc1cc(=O)n(CC(=O)Nc2ccc3c(c2)OCCO3)c(N2CCOCC2)n1. The van der Waals surface area contributed by atoms with Crippen LogP contribution in [0, 0.1) is 0 Å². The van der Waals surface area contributed by atoms with Gasteiger partial charge in [-0.3, -0.25) is 14.2 Å². The first kappa shape index (κ1) is 20.2. The number of benzene rings is 1. The normalized spacial score (nSPS) is 15.7. The van der Waals surface area contributed by atoms with Gasteiger partial charge in [-0.05, 0) is 12.1 Å². The molecule has 10 heteroatoms. The Kier molecular flexibility index (Phi) is 6.15. The molecule has 0 radical (unpaired) electrons. The number of methoxy groups -OCH3 is 1. The van der Waals surface area contributed by atoms with Crippen LogP contribution >= 0.6 is 0 Å². The molecule has 0 aliphatic carbocycles. The first-order valence-electron chi connectivity index (χ1n) is 9.76. The third-order valence-electron chi connectivity index (χ3n) is 4.75. The molecule has 0 unspecified atom stereocenters. The fourth-order valence-electron chi connectivity index (χ4n) is 3.38. The van der Waals surface area contributed by atoms with Crippen LogP contribution in [0.3, 0.4) is 0 Å². The molecule has 0 spiro atoms. The van der Waals surface area contributed by atoms with Crippen LogP contribution in [0.1, 0.15) is 5.69 Å². The number of hydrogen-bond acceptors (Lipinski definition) is 8. The number of hydrogen-bond donors (Lipinski definition) is 1. The Bertz CT molecular complexity index is 970.